The van der Waals surface area contributed by atoms with Crippen molar-refractivity contribution < 1.29 is 4.74 Å². The van der Waals surface area contributed by atoms with Crippen LogP contribution in [0, 0.1) is 6.92 Å². The van der Waals surface area contributed by atoms with Crippen molar-refractivity contribution in [1.82, 2.24) is 23.3 Å². The Labute approximate surface area is 254 Å². The van der Waals surface area contributed by atoms with Crippen LogP contribution in [0.3, 0.4) is 0 Å². The van der Waals surface area contributed by atoms with E-state index in [-0.39, 0.29) is 23.0 Å². The molecule has 11 nitrogen and oxygen atoms in total. The summed E-state index contributed by atoms with van der Waals surface area (Å²) >= 11 is 0. The van der Waals surface area contributed by atoms with E-state index in [1.54, 1.807) is 11.6 Å². The Bertz CT molecular complexity index is 2090. The molecule has 0 saturated carbocycles. The van der Waals surface area contributed by atoms with Crippen molar-refractivity contribution in [1.29, 1.82) is 0 Å². The van der Waals surface area contributed by atoms with E-state index >= 15 is 0 Å². The molecule has 0 amide bonds. The number of pyridine rings is 1. The molecular formula is C33H39N7O4. The monoisotopic (exact) mass is 597 g/mol. The molecule has 7 rings (SSSR count). The van der Waals surface area contributed by atoms with Gasteiger partial charge in [-0.05, 0) is 69.3 Å². The lowest BCUT2D eigenvalue weighted by atomic mass is 10.0. The Hall–Kier alpha value is -4.38. The zero-order valence-corrected chi connectivity index (χ0v) is 25.9. The lowest BCUT2D eigenvalue weighted by molar-refractivity contribution is 0.122. The fraction of sp³-hybridized carbons (Fsp3) is 0.455. The van der Waals surface area contributed by atoms with Crippen molar-refractivity contribution in [2.75, 3.05) is 49.2 Å². The summed E-state index contributed by atoms with van der Waals surface area (Å²) in [5, 5.41) is 2.61. The number of nitrogens with zero attached hydrogens (tertiary/aromatic N) is 7. The van der Waals surface area contributed by atoms with Gasteiger partial charge in [0.2, 0.25) is 0 Å². The average Bonchev–Trinajstić information content (AvgIpc) is 3.31. The predicted molar refractivity (Wildman–Crippen MR) is 175 cm³/mol. The summed E-state index contributed by atoms with van der Waals surface area (Å²) in [6.07, 6.45) is 1.29. The van der Waals surface area contributed by atoms with Crippen LogP contribution in [0.2, 0.25) is 0 Å². The van der Waals surface area contributed by atoms with Gasteiger partial charge in [0.25, 0.3) is 5.56 Å². The number of imidazole rings is 1. The molecule has 2 aromatic carbocycles. The zero-order chi connectivity index (χ0) is 30.7. The van der Waals surface area contributed by atoms with E-state index in [4.69, 9.17) is 9.72 Å². The highest BCUT2D eigenvalue weighted by molar-refractivity contribution is 6.02. The van der Waals surface area contributed by atoms with Gasteiger partial charge in [0.05, 0.1) is 35.2 Å². The van der Waals surface area contributed by atoms with Gasteiger partial charge in [-0.1, -0.05) is 11.6 Å². The molecule has 2 saturated heterocycles. The zero-order valence-electron chi connectivity index (χ0n) is 25.9. The minimum absolute atomic E-state index is 0.00151. The van der Waals surface area contributed by atoms with Crippen LogP contribution in [0.25, 0.3) is 32.7 Å². The minimum atomic E-state index is -0.275. The van der Waals surface area contributed by atoms with Crippen LogP contribution in [-0.2, 0) is 24.9 Å². The van der Waals surface area contributed by atoms with E-state index in [1.807, 2.05) is 48.1 Å². The van der Waals surface area contributed by atoms with Crippen molar-refractivity contribution in [2.24, 2.45) is 7.05 Å². The fourth-order valence-electron chi connectivity index (χ4n) is 7.09. The number of anilines is 2. The van der Waals surface area contributed by atoms with E-state index in [0.29, 0.717) is 63.1 Å². The number of morpholine rings is 1. The number of hydrogen-bond acceptors (Lipinski definition) is 7. The second-order valence-electron chi connectivity index (χ2n) is 12.0. The van der Waals surface area contributed by atoms with Gasteiger partial charge in [0.15, 0.2) is 0 Å². The lowest BCUT2D eigenvalue weighted by Gasteiger charge is -2.35. The van der Waals surface area contributed by atoms with Crippen molar-refractivity contribution in [3.8, 4) is 0 Å². The van der Waals surface area contributed by atoms with Crippen molar-refractivity contribution in [3.05, 3.63) is 73.3 Å². The smallest absolute Gasteiger partial charge is 0.331 e. The van der Waals surface area contributed by atoms with Crippen LogP contribution in [0.4, 0.5) is 11.6 Å². The highest BCUT2D eigenvalue weighted by Gasteiger charge is 2.28. The van der Waals surface area contributed by atoms with Crippen LogP contribution in [0.5, 0.6) is 0 Å². The van der Waals surface area contributed by atoms with E-state index in [1.165, 1.54) is 4.57 Å². The number of hydrogen-bond donors (Lipinski definition) is 0. The molecule has 0 spiro atoms. The summed E-state index contributed by atoms with van der Waals surface area (Å²) in [6, 6.07) is 11.8. The quantitative estimate of drug-likeness (QED) is 0.306. The second-order valence-corrected chi connectivity index (χ2v) is 12.0. The first-order chi connectivity index (χ1) is 21.3. The van der Waals surface area contributed by atoms with Gasteiger partial charge in [0.1, 0.15) is 11.6 Å². The molecule has 0 bridgehead atoms. The highest BCUT2D eigenvalue weighted by atomic mass is 16.5. The van der Waals surface area contributed by atoms with Gasteiger partial charge in [-0.15, -0.1) is 0 Å². The third-order valence-electron chi connectivity index (χ3n) is 9.49. The molecule has 0 radical (unpaired) electrons. The average molecular weight is 598 g/mol. The molecule has 3 aromatic heterocycles. The van der Waals surface area contributed by atoms with Crippen LogP contribution in [0.1, 0.15) is 38.3 Å². The summed E-state index contributed by atoms with van der Waals surface area (Å²) in [6.45, 7) is 11.3. The first-order valence-electron chi connectivity index (χ1n) is 15.7. The largest absolute Gasteiger partial charge is 0.378 e. The molecule has 0 atom stereocenters. The molecule has 2 aliphatic heterocycles. The number of benzene rings is 2. The molecular weight excluding hydrogens is 558 g/mol. The van der Waals surface area contributed by atoms with Gasteiger partial charge < -0.3 is 14.5 Å². The molecule has 5 heterocycles. The number of piperidine rings is 1. The molecule has 11 heteroatoms. The number of ether oxygens (including phenoxy) is 1. The summed E-state index contributed by atoms with van der Waals surface area (Å²) in [7, 11) is 1.74. The van der Waals surface area contributed by atoms with Crippen LogP contribution in [0.15, 0.2) is 50.8 Å². The molecule has 0 unspecified atom stereocenters. The maximum Gasteiger partial charge on any atom is 0.331 e. The number of rotatable bonds is 5. The van der Waals surface area contributed by atoms with E-state index in [9.17, 15) is 14.4 Å². The molecule has 5 aromatic rings. The Morgan fingerprint density at radius 3 is 2.16 bits per heavy atom. The second kappa shape index (κ2) is 11.0. The number of aryl methyl sites for hydroxylation is 4. The Morgan fingerprint density at radius 2 is 1.48 bits per heavy atom. The summed E-state index contributed by atoms with van der Waals surface area (Å²) in [5.41, 5.74) is 2.99. The van der Waals surface area contributed by atoms with Crippen molar-refractivity contribution in [2.45, 2.75) is 52.7 Å². The Kier molecular flexibility index (Phi) is 7.07. The minimum Gasteiger partial charge on any atom is -0.378 e. The summed E-state index contributed by atoms with van der Waals surface area (Å²) < 4.78 is 12.3. The third-order valence-corrected chi connectivity index (χ3v) is 9.49. The summed E-state index contributed by atoms with van der Waals surface area (Å²) in [4.78, 5) is 50.0. The molecule has 230 valence electrons. The molecule has 2 fully saturated rings. The highest BCUT2D eigenvalue weighted by Crippen LogP contribution is 2.35. The van der Waals surface area contributed by atoms with Gasteiger partial charge in [0, 0.05) is 57.7 Å². The van der Waals surface area contributed by atoms with Crippen LogP contribution in [-0.4, -0.2) is 62.6 Å². The van der Waals surface area contributed by atoms with Crippen molar-refractivity contribution >= 4 is 44.3 Å². The Morgan fingerprint density at radius 1 is 0.795 bits per heavy atom. The molecule has 44 heavy (non-hydrogen) atoms. The maximum atomic E-state index is 13.6. The maximum absolute atomic E-state index is 13.6. The summed E-state index contributed by atoms with van der Waals surface area (Å²) in [5.74, 6) is 1.77. The lowest BCUT2D eigenvalue weighted by Crippen LogP contribution is -2.45. The van der Waals surface area contributed by atoms with E-state index in [0.717, 1.165) is 52.1 Å². The molecule has 2 aliphatic rings. The van der Waals surface area contributed by atoms with E-state index in [2.05, 4.69) is 28.0 Å². The van der Waals surface area contributed by atoms with Gasteiger partial charge in [-0.2, -0.15) is 0 Å². The first kappa shape index (κ1) is 28.4. The number of fused-ring (bicyclic) bond motifs is 3. The van der Waals surface area contributed by atoms with Gasteiger partial charge >= 0.3 is 11.4 Å². The predicted octanol–water partition coefficient (Wildman–Crippen LogP) is 3.39. The van der Waals surface area contributed by atoms with Gasteiger partial charge in [-0.3, -0.25) is 23.1 Å². The van der Waals surface area contributed by atoms with Crippen LogP contribution < -0.4 is 26.7 Å². The topological polar surface area (TPSA) is 99.5 Å². The van der Waals surface area contributed by atoms with Gasteiger partial charge in [-0.25, -0.2) is 14.6 Å². The molecule has 0 aliphatic carbocycles. The SMILES string of the molecule is CCn1c(=O)n(CC)c2cc3c(N4CCC(n5c(=O)c6cc(C)ccc6n(C)c5=O)CC4)nc(N4CCOCC4)cc3cc21. The normalized spacial score (nSPS) is 16.5. The first-order valence-corrected chi connectivity index (χ1v) is 15.7. The molecule has 0 N–H and O–H groups in total. The third kappa shape index (κ3) is 4.44. The fourth-order valence-corrected chi connectivity index (χ4v) is 7.09. The Balaban J connectivity index is 1.31. The standard InChI is InChI=1S/C33H39N7O4/c1-5-38-27-18-22-19-29(36-13-15-44-16-14-36)34-30(24(22)20-28(27)39(6-2)33(38)43)37-11-9-23(10-12-37)40-31(41)25-17-21(3)7-8-26(25)35(4)32(40)42/h7-8,17-20,23H,5-6,9-16H2,1-4H3. The van der Waals surface area contributed by atoms with Crippen LogP contribution >= 0.6 is 0 Å². The number of aromatic nitrogens is 5. The van der Waals surface area contributed by atoms with Crippen molar-refractivity contribution in [3.63, 3.8) is 0 Å². The van der Waals surface area contributed by atoms with E-state index < -0.39 is 0 Å².